The van der Waals surface area contributed by atoms with Crippen molar-refractivity contribution in [2.75, 3.05) is 26.6 Å². The maximum absolute atomic E-state index is 12.1. The van der Waals surface area contributed by atoms with Gasteiger partial charge in [0.25, 0.3) is 11.7 Å². The normalized spacial score (nSPS) is 11.0. The SMILES string of the molecule is COC(=O)C(=O)[C@H](C(=O)OC)C(=O)C(=O)Nc1cccc(OC)c1. The molecule has 1 atom stereocenters. The number of amides is 1. The molecule has 0 spiro atoms. The van der Waals surface area contributed by atoms with Gasteiger partial charge in [0.15, 0.2) is 5.92 Å². The van der Waals surface area contributed by atoms with E-state index in [-0.39, 0.29) is 5.69 Å². The Balaban J connectivity index is 3.00. The number of rotatable bonds is 7. The summed E-state index contributed by atoms with van der Waals surface area (Å²) in [5.74, 6) is -8.79. The molecule has 1 aromatic rings. The minimum absolute atomic E-state index is 0.196. The minimum Gasteiger partial charge on any atom is -0.497 e. The highest BCUT2D eigenvalue weighted by atomic mass is 16.5. The number of ketones is 2. The molecule has 0 aliphatic heterocycles. The third-order valence-electron chi connectivity index (χ3n) is 2.90. The number of benzene rings is 1. The molecule has 0 radical (unpaired) electrons. The predicted octanol–water partition coefficient (Wildman–Crippen LogP) is -0.266. The van der Waals surface area contributed by atoms with E-state index in [4.69, 9.17) is 4.74 Å². The molecule has 1 amide bonds. The van der Waals surface area contributed by atoms with Crippen molar-refractivity contribution in [1.82, 2.24) is 0 Å². The summed E-state index contributed by atoms with van der Waals surface area (Å²) in [5, 5.41) is 2.21. The molecular weight excluding hydrogens is 322 g/mol. The van der Waals surface area contributed by atoms with Crippen LogP contribution in [0.3, 0.4) is 0 Å². The first-order valence-corrected chi connectivity index (χ1v) is 6.55. The standard InChI is InChI=1S/C15H15NO8/c1-22-9-6-4-5-8(7-9)16-13(19)11(17)10(14(20)23-2)12(18)15(21)24-3/h4-7,10H,1-3H3,(H,16,19)/t10-/m1/s1. The first-order chi connectivity index (χ1) is 11.3. The Morgan fingerprint density at radius 1 is 0.958 bits per heavy atom. The number of carbonyl (C=O) groups excluding carboxylic acids is 5. The van der Waals surface area contributed by atoms with Crippen molar-refractivity contribution in [3.63, 3.8) is 0 Å². The van der Waals surface area contributed by atoms with E-state index < -0.39 is 35.3 Å². The van der Waals surface area contributed by atoms with Gasteiger partial charge in [0.2, 0.25) is 5.78 Å². The lowest BCUT2D eigenvalue weighted by Crippen LogP contribution is -2.42. The smallest absolute Gasteiger partial charge is 0.375 e. The highest BCUT2D eigenvalue weighted by molar-refractivity contribution is 6.54. The number of hydrogen-bond donors (Lipinski definition) is 1. The summed E-state index contributed by atoms with van der Waals surface area (Å²) >= 11 is 0. The van der Waals surface area contributed by atoms with Crippen molar-refractivity contribution in [3.05, 3.63) is 24.3 Å². The first-order valence-electron chi connectivity index (χ1n) is 6.55. The Morgan fingerprint density at radius 2 is 1.62 bits per heavy atom. The van der Waals surface area contributed by atoms with Gasteiger partial charge in [-0.05, 0) is 12.1 Å². The number of esters is 2. The fraction of sp³-hybridized carbons (Fsp3) is 0.267. The molecule has 0 saturated heterocycles. The molecule has 1 N–H and O–H groups in total. The van der Waals surface area contributed by atoms with Gasteiger partial charge in [0.1, 0.15) is 5.75 Å². The van der Waals surface area contributed by atoms with E-state index in [1.807, 2.05) is 0 Å². The summed E-state index contributed by atoms with van der Waals surface area (Å²) in [7, 11) is 3.22. The molecule has 0 saturated carbocycles. The van der Waals surface area contributed by atoms with Crippen LogP contribution in [0.5, 0.6) is 5.75 Å². The number of ether oxygens (including phenoxy) is 3. The Bertz CT molecular complexity index is 682. The summed E-state index contributed by atoms with van der Waals surface area (Å²) in [4.78, 5) is 58.7. The summed E-state index contributed by atoms with van der Waals surface area (Å²) in [6.07, 6.45) is 0. The maximum atomic E-state index is 12.1. The third kappa shape index (κ3) is 4.38. The molecule has 0 bridgehead atoms. The number of anilines is 1. The zero-order valence-electron chi connectivity index (χ0n) is 13.2. The van der Waals surface area contributed by atoms with Crippen molar-refractivity contribution in [1.29, 1.82) is 0 Å². The van der Waals surface area contributed by atoms with Gasteiger partial charge in [0, 0.05) is 11.8 Å². The second-order valence-corrected chi connectivity index (χ2v) is 4.36. The predicted molar refractivity (Wildman–Crippen MR) is 79.2 cm³/mol. The molecule has 0 unspecified atom stereocenters. The Hall–Kier alpha value is -3.23. The van der Waals surface area contributed by atoms with Gasteiger partial charge in [-0.1, -0.05) is 6.07 Å². The maximum Gasteiger partial charge on any atom is 0.375 e. The molecule has 0 aliphatic carbocycles. The van der Waals surface area contributed by atoms with Crippen LogP contribution in [-0.4, -0.2) is 50.7 Å². The fourth-order valence-corrected chi connectivity index (χ4v) is 1.69. The largest absolute Gasteiger partial charge is 0.497 e. The lowest BCUT2D eigenvalue weighted by Gasteiger charge is -2.11. The Morgan fingerprint density at radius 3 is 2.17 bits per heavy atom. The molecule has 0 fully saturated rings. The van der Waals surface area contributed by atoms with Crippen LogP contribution in [0.2, 0.25) is 0 Å². The quantitative estimate of drug-likeness (QED) is 0.410. The van der Waals surface area contributed by atoms with Crippen molar-refractivity contribution in [2.45, 2.75) is 0 Å². The van der Waals surface area contributed by atoms with Crippen LogP contribution in [0.4, 0.5) is 5.69 Å². The zero-order chi connectivity index (χ0) is 18.3. The molecule has 0 aliphatic rings. The number of Topliss-reactive ketones (excluding diaryl/α,β-unsaturated/α-hetero) is 2. The molecule has 1 rings (SSSR count). The van der Waals surface area contributed by atoms with Gasteiger partial charge in [-0.3, -0.25) is 19.2 Å². The zero-order valence-corrected chi connectivity index (χ0v) is 13.2. The van der Waals surface area contributed by atoms with Crippen molar-refractivity contribution < 1.29 is 38.2 Å². The van der Waals surface area contributed by atoms with Crippen LogP contribution in [0, 0.1) is 5.92 Å². The molecule has 128 valence electrons. The molecule has 0 heterocycles. The van der Waals surface area contributed by atoms with Gasteiger partial charge < -0.3 is 19.5 Å². The van der Waals surface area contributed by atoms with E-state index in [0.29, 0.717) is 5.75 Å². The first kappa shape index (κ1) is 18.8. The van der Waals surface area contributed by atoms with E-state index in [1.54, 1.807) is 12.1 Å². The summed E-state index contributed by atoms with van der Waals surface area (Å²) in [6, 6.07) is 6.04. The minimum atomic E-state index is -2.23. The number of nitrogens with one attached hydrogen (secondary N) is 1. The Labute approximate surface area is 136 Å². The number of carbonyl (C=O) groups is 5. The van der Waals surface area contributed by atoms with Crippen LogP contribution in [-0.2, 0) is 33.4 Å². The lowest BCUT2D eigenvalue weighted by molar-refractivity contribution is -0.163. The van der Waals surface area contributed by atoms with E-state index in [0.717, 1.165) is 14.2 Å². The van der Waals surface area contributed by atoms with Crippen molar-refractivity contribution in [3.8, 4) is 5.75 Å². The summed E-state index contributed by atoms with van der Waals surface area (Å²) in [5.41, 5.74) is 0.196. The monoisotopic (exact) mass is 337 g/mol. The number of methoxy groups -OCH3 is 3. The summed E-state index contributed by atoms with van der Waals surface area (Å²) in [6.45, 7) is 0. The second kappa shape index (κ2) is 8.42. The van der Waals surface area contributed by atoms with Crippen LogP contribution in [0.1, 0.15) is 0 Å². The molecule has 0 aromatic heterocycles. The molecule has 9 nitrogen and oxygen atoms in total. The topological polar surface area (TPSA) is 125 Å². The highest BCUT2D eigenvalue weighted by Crippen LogP contribution is 2.17. The van der Waals surface area contributed by atoms with Gasteiger partial charge >= 0.3 is 11.9 Å². The van der Waals surface area contributed by atoms with Crippen molar-refractivity contribution in [2.24, 2.45) is 5.92 Å². The van der Waals surface area contributed by atoms with Crippen LogP contribution >= 0.6 is 0 Å². The van der Waals surface area contributed by atoms with Crippen LogP contribution in [0.15, 0.2) is 24.3 Å². The molecular formula is C15H15NO8. The van der Waals surface area contributed by atoms with Crippen LogP contribution in [0.25, 0.3) is 0 Å². The average molecular weight is 337 g/mol. The fourth-order valence-electron chi connectivity index (χ4n) is 1.69. The Kier molecular flexibility index (Phi) is 6.60. The van der Waals surface area contributed by atoms with Crippen LogP contribution < -0.4 is 10.1 Å². The highest BCUT2D eigenvalue weighted by Gasteiger charge is 2.42. The average Bonchev–Trinajstić information content (AvgIpc) is 2.60. The molecule has 1 aromatic carbocycles. The van der Waals surface area contributed by atoms with Gasteiger partial charge in [-0.2, -0.15) is 0 Å². The lowest BCUT2D eigenvalue weighted by atomic mass is 9.98. The van der Waals surface area contributed by atoms with Gasteiger partial charge in [-0.15, -0.1) is 0 Å². The van der Waals surface area contributed by atoms with Gasteiger partial charge in [-0.25, -0.2) is 4.79 Å². The van der Waals surface area contributed by atoms with E-state index in [1.165, 1.54) is 19.2 Å². The molecule has 24 heavy (non-hydrogen) atoms. The van der Waals surface area contributed by atoms with Crippen molar-refractivity contribution >= 4 is 35.1 Å². The molecule has 9 heteroatoms. The second-order valence-electron chi connectivity index (χ2n) is 4.36. The van der Waals surface area contributed by atoms with E-state index in [2.05, 4.69) is 14.8 Å². The van der Waals surface area contributed by atoms with Gasteiger partial charge in [0.05, 0.1) is 21.3 Å². The van der Waals surface area contributed by atoms with E-state index in [9.17, 15) is 24.0 Å². The number of hydrogen-bond acceptors (Lipinski definition) is 8. The third-order valence-corrected chi connectivity index (χ3v) is 2.90. The summed E-state index contributed by atoms with van der Waals surface area (Å²) < 4.78 is 13.4. The van der Waals surface area contributed by atoms with E-state index >= 15 is 0 Å².